The van der Waals surface area contributed by atoms with E-state index in [-0.39, 0.29) is 46.3 Å². The number of carbonyl (C=O) groups excluding carboxylic acids is 1. The van der Waals surface area contributed by atoms with Gasteiger partial charge in [-0.25, -0.2) is 9.37 Å². The number of nitrogens with zero attached hydrogens (tertiary/aromatic N) is 4. The third-order valence-corrected chi connectivity index (χ3v) is 7.09. The van der Waals surface area contributed by atoms with Gasteiger partial charge in [0.2, 0.25) is 11.6 Å². The van der Waals surface area contributed by atoms with Gasteiger partial charge in [0.05, 0.1) is 46.8 Å². The molecule has 2 aromatic heterocycles. The predicted octanol–water partition coefficient (Wildman–Crippen LogP) is 6.16. The number of hydrogen-bond donors (Lipinski definition) is 1. The molecule has 0 aliphatic carbocycles. The lowest BCUT2D eigenvalue weighted by molar-refractivity contribution is -0.385. The zero-order valence-electron chi connectivity index (χ0n) is 25.5. The Morgan fingerprint density at radius 1 is 1.04 bits per heavy atom. The fraction of sp³-hybridized carbons (Fsp3) is 0.118. The molecule has 242 valence electrons. The minimum atomic E-state index is -0.749. The zero-order chi connectivity index (χ0) is 33.8. The molecule has 13 nitrogen and oxygen atoms in total. The van der Waals surface area contributed by atoms with Gasteiger partial charge in [-0.05, 0) is 55.5 Å². The van der Waals surface area contributed by atoms with Crippen LogP contribution >= 0.6 is 0 Å². The molecule has 0 aliphatic heterocycles. The van der Waals surface area contributed by atoms with E-state index in [1.165, 1.54) is 43.7 Å². The van der Waals surface area contributed by atoms with E-state index < -0.39 is 34.5 Å². The van der Waals surface area contributed by atoms with Gasteiger partial charge >= 0.3 is 5.69 Å². The molecule has 14 heteroatoms. The summed E-state index contributed by atoms with van der Waals surface area (Å²) >= 11 is 0. The number of fused-ring (bicyclic) bond motifs is 2. The van der Waals surface area contributed by atoms with Crippen molar-refractivity contribution in [3.05, 3.63) is 117 Å². The highest BCUT2D eigenvalue weighted by Crippen LogP contribution is 2.38. The lowest BCUT2D eigenvalue weighted by Crippen LogP contribution is -2.21. The van der Waals surface area contributed by atoms with Crippen LogP contribution in [0.25, 0.3) is 33.5 Å². The molecule has 4 aromatic carbocycles. The van der Waals surface area contributed by atoms with Crippen molar-refractivity contribution >= 4 is 45.4 Å². The van der Waals surface area contributed by atoms with Crippen LogP contribution in [0, 0.1) is 15.9 Å². The Kier molecular flexibility index (Phi) is 8.79. The Morgan fingerprint density at radius 2 is 1.83 bits per heavy atom. The fourth-order valence-electron chi connectivity index (χ4n) is 4.95. The van der Waals surface area contributed by atoms with E-state index in [9.17, 15) is 24.1 Å². The second kappa shape index (κ2) is 13.4. The summed E-state index contributed by atoms with van der Waals surface area (Å²) in [5, 5.41) is 19.8. The van der Waals surface area contributed by atoms with E-state index >= 15 is 0 Å². The molecule has 0 spiro atoms. The molecule has 2 heterocycles. The highest BCUT2D eigenvalue weighted by molar-refractivity contribution is 5.92. The van der Waals surface area contributed by atoms with Gasteiger partial charge in [0.15, 0.2) is 18.1 Å². The number of methoxy groups -OCH3 is 1. The van der Waals surface area contributed by atoms with Crippen LogP contribution in [0.15, 0.2) is 99.2 Å². The van der Waals surface area contributed by atoms with Gasteiger partial charge in [-0.1, -0.05) is 30.3 Å². The minimum absolute atomic E-state index is 0.0552. The first-order valence-electron chi connectivity index (χ1n) is 14.5. The first-order chi connectivity index (χ1) is 23.3. The number of furan rings is 1. The van der Waals surface area contributed by atoms with Crippen molar-refractivity contribution in [1.29, 1.82) is 0 Å². The topological polar surface area (TPSA) is 160 Å². The van der Waals surface area contributed by atoms with Crippen molar-refractivity contribution in [2.45, 2.75) is 6.92 Å². The Labute approximate surface area is 270 Å². The van der Waals surface area contributed by atoms with Gasteiger partial charge in [0.25, 0.3) is 11.5 Å². The van der Waals surface area contributed by atoms with Gasteiger partial charge < -0.3 is 23.9 Å². The van der Waals surface area contributed by atoms with Crippen molar-refractivity contribution < 1.29 is 32.7 Å². The van der Waals surface area contributed by atoms with Gasteiger partial charge in [-0.15, -0.1) is 0 Å². The predicted molar refractivity (Wildman–Crippen MR) is 176 cm³/mol. The lowest BCUT2D eigenvalue weighted by Gasteiger charge is -2.13. The third kappa shape index (κ3) is 6.26. The van der Waals surface area contributed by atoms with E-state index in [4.69, 9.17) is 18.6 Å². The molecule has 0 radical (unpaired) electrons. The number of nitro groups is 1. The minimum Gasteiger partial charge on any atom is -0.496 e. The second-order valence-electron chi connectivity index (χ2n) is 10.2. The van der Waals surface area contributed by atoms with Crippen molar-refractivity contribution in [2.75, 3.05) is 25.6 Å². The maximum Gasteiger partial charge on any atom is 0.315 e. The van der Waals surface area contributed by atoms with Crippen LogP contribution in [-0.2, 0) is 4.79 Å². The lowest BCUT2D eigenvalue weighted by atomic mass is 10.2. The molecule has 0 unspecified atom stereocenters. The monoisotopic (exact) mass is 651 g/mol. The number of amides is 1. The molecular weight excluding hydrogens is 625 g/mol. The molecule has 6 rings (SSSR count). The Morgan fingerprint density at radius 3 is 2.60 bits per heavy atom. The number of nitrogens with one attached hydrogen (secondary N) is 1. The van der Waals surface area contributed by atoms with E-state index in [1.54, 1.807) is 55.5 Å². The van der Waals surface area contributed by atoms with Crippen molar-refractivity contribution in [2.24, 2.45) is 5.10 Å². The number of rotatable bonds is 11. The molecule has 0 aliphatic rings. The van der Waals surface area contributed by atoms with Crippen molar-refractivity contribution in [3.8, 4) is 28.8 Å². The Bertz CT molecular complexity index is 2280. The quantitative estimate of drug-likeness (QED) is 0.0982. The molecule has 1 amide bonds. The van der Waals surface area contributed by atoms with Crippen LogP contribution < -0.4 is 25.1 Å². The van der Waals surface area contributed by atoms with E-state index in [2.05, 4.69) is 15.4 Å². The molecule has 6 aromatic rings. The number of para-hydroxylation sites is 2. The summed E-state index contributed by atoms with van der Waals surface area (Å²) in [6.45, 7) is 1.09. The standard InChI is InChI=1S/C34H26FN5O8/c1-3-46-29-16-20(15-26(40(43)44)32(29)47-19-31(41)37-25-12-7-5-10-23(25)35)18-36-39-33(38-24-11-6-4-9-21(24)34(39)42)30-17-22-27(45-2)13-8-14-28(22)48-30/h4-18H,3,19H2,1-2H3,(H,37,41). The SMILES string of the molecule is CCOc1cc(C=Nn2c(-c3cc4c(OC)cccc4o3)nc3ccccc3c2=O)cc([N+](=O)[O-])c1OCC(=O)Nc1ccccc1F. The summed E-state index contributed by atoms with van der Waals surface area (Å²) in [4.78, 5) is 42.3. The molecule has 0 bridgehead atoms. The van der Waals surface area contributed by atoms with Crippen LogP contribution in [0.4, 0.5) is 15.8 Å². The first kappa shape index (κ1) is 31.4. The number of benzene rings is 4. The van der Waals surface area contributed by atoms with Gasteiger partial charge in [-0.3, -0.25) is 19.7 Å². The average molecular weight is 652 g/mol. The normalized spacial score (nSPS) is 11.2. The fourth-order valence-corrected chi connectivity index (χ4v) is 4.95. The summed E-state index contributed by atoms with van der Waals surface area (Å²) in [6.07, 6.45) is 1.23. The maximum absolute atomic E-state index is 14.0. The summed E-state index contributed by atoms with van der Waals surface area (Å²) in [7, 11) is 1.53. The van der Waals surface area contributed by atoms with E-state index in [0.29, 0.717) is 22.2 Å². The van der Waals surface area contributed by atoms with Gasteiger partial charge in [0, 0.05) is 11.6 Å². The van der Waals surface area contributed by atoms with Crippen molar-refractivity contribution in [1.82, 2.24) is 9.66 Å². The summed E-state index contributed by atoms with van der Waals surface area (Å²) < 4.78 is 37.7. The Hall–Kier alpha value is -6.57. The molecule has 1 N–H and O–H groups in total. The first-order valence-corrected chi connectivity index (χ1v) is 14.5. The zero-order valence-corrected chi connectivity index (χ0v) is 25.5. The largest absolute Gasteiger partial charge is 0.496 e. The van der Waals surface area contributed by atoms with Crippen LogP contribution in [0.2, 0.25) is 0 Å². The Balaban J connectivity index is 1.39. The molecule has 48 heavy (non-hydrogen) atoms. The smallest absolute Gasteiger partial charge is 0.315 e. The molecule has 0 saturated heterocycles. The summed E-state index contributed by atoms with van der Waals surface area (Å²) in [5.74, 6) is -0.907. The van der Waals surface area contributed by atoms with Gasteiger partial charge in [-0.2, -0.15) is 9.78 Å². The summed E-state index contributed by atoms with van der Waals surface area (Å²) in [6, 6.07) is 21.8. The number of ether oxygens (including phenoxy) is 3. The number of nitro benzene ring substituents is 1. The molecule has 0 saturated carbocycles. The van der Waals surface area contributed by atoms with Crippen LogP contribution in [0.3, 0.4) is 0 Å². The average Bonchev–Trinajstić information content (AvgIpc) is 3.53. The van der Waals surface area contributed by atoms with Crippen LogP contribution in [0.5, 0.6) is 17.2 Å². The maximum atomic E-state index is 14.0. The van der Waals surface area contributed by atoms with Crippen molar-refractivity contribution in [3.63, 3.8) is 0 Å². The van der Waals surface area contributed by atoms with Crippen LogP contribution in [-0.4, -0.2) is 47.0 Å². The summed E-state index contributed by atoms with van der Waals surface area (Å²) in [5.41, 5.74) is -0.0414. The van der Waals surface area contributed by atoms with Gasteiger partial charge in [0.1, 0.15) is 17.1 Å². The number of aromatic nitrogens is 2. The highest BCUT2D eigenvalue weighted by atomic mass is 19.1. The van der Waals surface area contributed by atoms with E-state index in [0.717, 1.165) is 10.7 Å². The van der Waals surface area contributed by atoms with Crippen LogP contribution in [0.1, 0.15) is 12.5 Å². The number of carbonyl (C=O) groups is 1. The molecule has 0 atom stereocenters. The highest BCUT2D eigenvalue weighted by Gasteiger charge is 2.24. The number of hydrogen-bond acceptors (Lipinski definition) is 10. The second-order valence-corrected chi connectivity index (χ2v) is 10.2. The molecule has 0 fully saturated rings. The third-order valence-electron chi connectivity index (χ3n) is 7.09. The number of anilines is 1. The van der Waals surface area contributed by atoms with E-state index in [1.807, 2.05) is 0 Å². The molecular formula is C34H26FN5O8. The number of halogens is 1.